The topological polar surface area (TPSA) is 47.6 Å². The predicted molar refractivity (Wildman–Crippen MR) is 95.3 cm³/mol. The highest BCUT2D eigenvalue weighted by molar-refractivity contribution is 9.10. The molecule has 7 heteroatoms. The molecule has 3 rings (SSSR count). The minimum absolute atomic E-state index is 0.166. The Hall–Kier alpha value is -1.50. The first kappa shape index (κ1) is 16.4. The van der Waals surface area contributed by atoms with Crippen LogP contribution in [0.1, 0.15) is 10.4 Å². The molecule has 0 unspecified atom stereocenters. The van der Waals surface area contributed by atoms with E-state index < -0.39 is 0 Å². The second kappa shape index (κ2) is 7.38. The minimum Gasteiger partial charge on any atom is -0.486 e. The molecule has 1 aliphatic rings. The van der Waals surface area contributed by atoms with Crippen LogP contribution < -0.4 is 14.8 Å². The average molecular weight is 415 g/mol. The fourth-order valence-electron chi connectivity index (χ4n) is 2.08. The summed E-state index contributed by atoms with van der Waals surface area (Å²) in [5.41, 5.74) is 0.785. The Kier molecular flexibility index (Phi) is 5.25. The van der Waals surface area contributed by atoms with E-state index in [1.165, 1.54) is 6.08 Å². The minimum atomic E-state index is -0.166. The van der Waals surface area contributed by atoms with Crippen LogP contribution in [-0.4, -0.2) is 19.1 Å². The van der Waals surface area contributed by atoms with Crippen LogP contribution >= 0.6 is 38.9 Å². The number of benzene rings is 1. The molecular weight excluding hydrogens is 402 g/mol. The van der Waals surface area contributed by atoms with Gasteiger partial charge < -0.3 is 14.8 Å². The van der Waals surface area contributed by atoms with Crippen molar-refractivity contribution >= 4 is 50.9 Å². The molecule has 0 bridgehead atoms. The number of amides is 1. The Bertz CT molecular complexity index is 760. The molecule has 2 aromatic rings. The summed E-state index contributed by atoms with van der Waals surface area (Å²) in [5.74, 6) is 0.996. The van der Waals surface area contributed by atoms with Crippen LogP contribution in [0.2, 0.25) is 5.02 Å². The number of rotatable bonds is 4. The molecule has 1 aromatic carbocycles. The highest BCUT2D eigenvalue weighted by Crippen LogP contribution is 2.38. The van der Waals surface area contributed by atoms with Crippen molar-refractivity contribution in [1.29, 1.82) is 0 Å². The fraction of sp³-hybridized carbons (Fsp3) is 0.188. The first-order valence-corrected chi connectivity index (χ1v) is 8.95. The first-order valence-electron chi connectivity index (χ1n) is 6.90. The van der Waals surface area contributed by atoms with Crippen molar-refractivity contribution in [2.75, 3.05) is 13.2 Å². The van der Waals surface area contributed by atoms with E-state index in [-0.39, 0.29) is 5.91 Å². The quantitative estimate of drug-likeness (QED) is 0.760. The summed E-state index contributed by atoms with van der Waals surface area (Å²) in [6, 6.07) is 5.53. The van der Waals surface area contributed by atoms with Gasteiger partial charge in [-0.05, 0) is 45.8 Å². The van der Waals surface area contributed by atoms with E-state index in [9.17, 15) is 4.79 Å². The van der Waals surface area contributed by atoms with Crippen molar-refractivity contribution < 1.29 is 14.3 Å². The van der Waals surface area contributed by atoms with Gasteiger partial charge in [0.25, 0.3) is 0 Å². The smallest absolute Gasteiger partial charge is 0.244 e. The molecule has 0 saturated heterocycles. The molecule has 0 fully saturated rings. The average Bonchev–Trinajstić information content (AvgIpc) is 2.96. The normalized spacial score (nSPS) is 13.3. The van der Waals surface area contributed by atoms with Gasteiger partial charge in [-0.1, -0.05) is 11.6 Å². The van der Waals surface area contributed by atoms with Crippen molar-refractivity contribution in [2.24, 2.45) is 0 Å². The zero-order valence-corrected chi connectivity index (χ0v) is 15.1. The maximum atomic E-state index is 11.9. The molecule has 1 amide bonds. The van der Waals surface area contributed by atoms with Crippen LogP contribution in [0.25, 0.3) is 6.08 Å². The van der Waals surface area contributed by atoms with Crippen molar-refractivity contribution in [3.8, 4) is 11.5 Å². The van der Waals surface area contributed by atoms with Gasteiger partial charge in [0.1, 0.15) is 13.2 Å². The second-order valence-corrected chi connectivity index (χ2v) is 7.13. The summed E-state index contributed by atoms with van der Waals surface area (Å²) < 4.78 is 12.0. The lowest BCUT2D eigenvalue weighted by molar-refractivity contribution is -0.116. The Balaban J connectivity index is 1.63. The lowest BCUT2D eigenvalue weighted by atomic mass is 10.1. The Morgan fingerprint density at radius 1 is 1.35 bits per heavy atom. The number of hydrogen-bond donors (Lipinski definition) is 1. The number of ether oxygens (including phenoxy) is 2. The number of halogens is 2. The lowest BCUT2D eigenvalue weighted by Crippen LogP contribution is -2.19. The molecule has 0 spiro atoms. The number of fused-ring (bicyclic) bond motifs is 1. The first-order chi connectivity index (χ1) is 11.1. The highest BCUT2D eigenvalue weighted by atomic mass is 79.9. The largest absolute Gasteiger partial charge is 0.486 e. The van der Waals surface area contributed by atoms with E-state index in [0.717, 1.165) is 14.9 Å². The number of hydrogen-bond acceptors (Lipinski definition) is 4. The molecule has 0 saturated carbocycles. The Labute approximate surface area is 151 Å². The van der Waals surface area contributed by atoms with Crippen LogP contribution in [0.3, 0.4) is 0 Å². The predicted octanol–water partition coefficient (Wildman–Crippen LogP) is 4.26. The molecule has 120 valence electrons. The van der Waals surface area contributed by atoms with Crippen molar-refractivity contribution in [1.82, 2.24) is 5.32 Å². The molecular formula is C16H13BrClNO3S. The van der Waals surface area contributed by atoms with Gasteiger partial charge in [0.15, 0.2) is 11.5 Å². The van der Waals surface area contributed by atoms with Gasteiger partial charge in [-0.3, -0.25) is 4.79 Å². The lowest BCUT2D eigenvalue weighted by Gasteiger charge is -2.19. The van der Waals surface area contributed by atoms with Gasteiger partial charge >= 0.3 is 0 Å². The van der Waals surface area contributed by atoms with Crippen molar-refractivity contribution in [3.05, 3.63) is 49.6 Å². The van der Waals surface area contributed by atoms with Gasteiger partial charge in [0.2, 0.25) is 5.91 Å². The number of thiophene rings is 1. The van der Waals surface area contributed by atoms with Crippen LogP contribution in [0.4, 0.5) is 0 Å². The summed E-state index contributed by atoms with van der Waals surface area (Å²) >= 11 is 11.1. The molecule has 1 aromatic heterocycles. The van der Waals surface area contributed by atoms with E-state index in [0.29, 0.717) is 36.3 Å². The molecule has 2 heterocycles. The molecule has 1 N–H and O–H groups in total. The second-order valence-electron chi connectivity index (χ2n) is 4.81. The SMILES string of the molecule is O=C(C=Cc1cc(Cl)c2c(c1)OCCO2)NCc1cc(Br)cs1. The summed E-state index contributed by atoms with van der Waals surface area (Å²) in [7, 11) is 0. The summed E-state index contributed by atoms with van der Waals surface area (Å²) in [5, 5.41) is 5.29. The zero-order valence-electron chi connectivity index (χ0n) is 12.0. The number of nitrogens with one attached hydrogen (secondary N) is 1. The van der Waals surface area contributed by atoms with Crippen LogP contribution in [0.5, 0.6) is 11.5 Å². The van der Waals surface area contributed by atoms with Gasteiger partial charge in [-0.25, -0.2) is 0 Å². The van der Waals surface area contributed by atoms with Crippen molar-refractivity contribution in [3.63, 3.8) is 0 Å². The van der Waals surface area contributed by atoms with Crippen LogP contribution in [-0.2, 0) is 11.3 Å². The summed E-state index contributed by atoms with van der Waals surface area (Å²) in [4.78, 5) is 13.0. The molecule has 1 aliphatic heterocycles. The molecule has 0 aliphatic carbocycles. The third kappa shape index (κ3) is 4.28. The maximum Gasteiger partial charge on any atom is 0.244 e. The fourth-order valence-corrected chi connectivity index (χ4v) is 3.74. The van der Waals surface area contributed by atoms with Crippen LogP contribution in [0.15, 0.2) is 34.1 Å². The molecule has 4 nitrogen and oxygen atoms in total. The standard InChI is InChI=1S/C16H13BrClNO3S/c17-11-7-12(23-9-11)8-19-15(20)2-1-10-5-13(18)16-14(6-10)21-3-4-22-16/h1-2,5-7,9H,3-4,8H2,(H,19,20). The molecule has 23 heavy (non-hydrogen) atoms. The third-order valence-corrected chi connectivity index (χ3v) is 5.08. The van der Waals surface area contributed by atoms with Gasteiger partial charge in [-0.15, -0.1) is 11.3 Å². The summed E-state index contributed by atoms with van der Waals surface area (Å²) in [6.45, 7) is 1.48. The van der Waals surface area contributed by atoms with Gasteiger partial charge in [0.05, 0.1) is 11.6 Å². The third-order valence-electron chi connectivity index (χ3n) is 3.10. The van der Waals surface area contributed by atoms with Gasteiger partial charge in [-0.2, -0.15) is 0 Å². The van der Waals surface area contributed by atoms with E-state index in [1.807, 2.05) is 11.4 Å². The highest BCUT2D eigenvalue weighted by Gasteiger charge is 2.15. The zero-order chi connectivity index (χ0) is 16.2. The molecule has 0 radical (unpaired) electrons. The Morgan fingerprint density at radius 2 is 2.17 bits per heavy atom. The van der Waals surface area contributed by atoms with E-state index in [4.69, 9.17) is 21.1 Å². The summed E-state index contributed by atoms with van der Waals surface area (Å²) in [6.07, 6.45) is 3.17. The van der Waals surface area contributed by atoms with E-state index >= 15 is 0 Å². The maximum absolute atomic E-state index is 11.9. The van der Waals surface area contributed by atoms with E-state index in [1.54, 1.807) is 29.5 Å². The number of carbonyl (C=O) groups excluding carboxylic acids is 1. The van der Waals surface area contributed by atoms with Crippen molar-refractivity contribution in [2.45, 2.75) is 6.54 Å². The molecule has 0 atom stereocenters. The number of carbonyl (C=O) groups is 1. The monoisotopic (exact) mass is 413 g/mol. The Morgan fingerprint density at radius 3 is 2.96 bits per heavy atom. The van der Waals surface area contributed by atoms with Crippen LogP contribution in [0, 0.1) is 0 Å². The van der Waals surface area contributed by atoms with Gasteiger partial charge in [0, 0.05) is 20.8 Å². The van der Waals surface area contributed by atoms with E-state index in [2.05, 4.69) is 21.2 Å².